The summed E-state index contributed by atoms with van der Waals surface area (Å²) in [6.45, 7) is -0.526. The van der Waals surface area contributed by atoms with E-state index in [9.17, 15) is 9.59 Å². The van der Waals surface area contributed by atoms with Gasteiger partial charge >= 0.3 is 11.9 Å². The van der Waals surface area contributed by atoms with E-state index in [-0.39, 0.29) is 13.2 Å². The van der Waals surface area contributed by atoms with Gasteiger partial charge < -0.3 is 15.6 Å². The highest BCUT2D eigenvalue weighted by molar-refractivity contribution is 5.75. The van der Waals surface area contributed by atoms with Crippen LogP contribution in [0.2, 0.25) is 0 Å². The standard InChI is InChI=1S/C5H11N3O4/c6-3(5(10)11)2-12-4(9)1-8-7/h3,8H,1-2,6-7H2,(H,10,11). The van der Waals surface area contributed by atoms with Crippen LogP contribution >= 0.6 is 0 Å². The van der Waals surface area contributed by atoms with Crippen molar-refractivity contribution in [2.45, 2.75) is 6.04 Å². The van der Waals surface area contributed by atoms with Gasteiger partial charge in [-0.25, -0.2) is 5.43 Å². The molecular weight excluding hydrogens is 166 g/mol. The Morgan fingerprint density at radius 2 is 2.17 bits per heavy atom. The Kier molecular flexibility index (Phi) is 4.93. The molecular formula is C5H11N3O4. The molecule has 6 N–H and O–H groups in total. The molecule has 0 spiro atoms. The number of hydrazine groups is 1. The van der Waals surface area contributed by atoms with Crippen molar-refractivity contribution in [1.82, 2.24) is 5.43 Å². The van der Waals surface area contributed by atoms with Crippen molar-refractivity contribution in [3.8, 4) is 0 Å². The van der Waals surface area contributed by atoms with Crippen LogP contribution in [0.3, 0.4) is 0 Å². The average molecular weight is 177 g/mol. The monoisotopic (exact) mass is 177 g/mol. The minimum Gasteiger partial charge on any atom is -0.480 e. The molecule has 0 aromatic carbocycles. The third kappa shape index (κ3) is 4.61. The molecule has 1 unspecified atom stereocenters. The number of carboxylic acid groups (broad SMARTS) is 1. The normalized spacial score (nSPS) is 12.2. The van der Waals surface area contributed by atoms with E-state index >= 15 is 0 Å². The van der Waals surface area contributed by atoms with Crippen molar-refractivity contribution in [3.05, 3.63) is 0 Å². The molecule has 0 rings (SSSR count). The van der Waals surface area contributed by atoms with Gasteiger partial charge in [-0.15, -0.1) is 0 Å². The molecule has 1 atom stereocenters. The number of esters is 1. The van der Waals surface area contributed by atoms with Gasteiger partial charge in [-0.2, -0.15) is 0 Å². The van der Waals surface area contributed by atoms with E-state index in [1.54, 1.807) is 0 Å². The van der Waals surface area contributed by atoms with E-state index in [0.717, 1.165) is 0 Å². The second kappa shape index (κ2) is 5.47. The van der Waals surface area contributed by atoms with Crippen LogP contribution in [0.4, 0.5) is 0 Å². The lowest BCUT2D eigenvalue weighted by Gasteiger charge is -2.06. The van der Waals surface area contributed by atoms with Gasteiger partial charge in [0, 0.05) is 0 Å². The van der Waals surface area contributed by atoms with Crippen molar-refractivity contribution in [1.29, 1.82) is 0 Å². The summed E-state index contributed by atoms with van der Waals surface area (Å²) in [5, 5.41) is 8.27. The SMILES string of the molecule is NNCC(=O)OCC(N)C(=O)O. The van der Waals surface area contributed by atoms with Crippen LogP contribution in [0, 0.1) is 0 Å². The molecule has 0 aromatic rings. The van der Waals surface area contributed by atoms with Gasteiger partial charge in [0.2, 0.25) is 0 Å². The van der Waals surface area contributed by atoms with Crippen LogP contribution in [0.15, 0.2) is 0 Å². The van der Waals surface area contributed by atoms with Crippen molar-refractivity contribution >= 4 is 11.9 Å². The molecule has 70 valence electrons. The number of hydrogen-bond acceptors (Lipinski definition) is 6. The second-order valence-electron chi connectivity index (χ2n) is 2.01. The number of hydrogen-bond donors (Lipinski definition) is 4. The number of carbonyl (C=O) groups is 2. The molecule has 12 heavy (non-hydrogen) atoms. The average Bonchev–Trinajstić information content (AvgIpc) is 2.00. The zero-order valence-corrected chi connectivity index (χ0v) is 6.32. The fraction of sp³-hybridized carbons (Fsp3) is 0.600. The zero-order chi connectivity index (χ0) is 9.56. The number of aliphatic carboxylic acids is 1. The van der Waals surface area contributed by atoms with E-state index in [4.69, 9.17) is 16.7 Å². The summed E-state index contributed by atoms with van der Waals surface area (Å²) in [5.41, 5.74) is 7.09. The first-order valence-corrected chi connectivity index (χ1v) is 3.15. The second-order valence-corrected chi connectivity index (χ2v) is 2.01. The van der Waals surface area contributed by atoms with E-state index in [2.05, 4.69) is 10.2 Å². The van der Waals surface area contributed by atoms with Gasteiger partial charge in [-0.1, -0.05) is 0 Å². The molecule has 0 fully saturated rings. The van der Waals surface area contributed by atoms with Crippen molar-refractivity contribution in [3.63, 3.8) is 0 Å². The highest BCUT2D eigenvalue weighted by Crippen LogP contribution is 1.82. The molecule has 0 aliphatic rings. The molecule has 7 heteroatoms. The summed E-state index contributed by atoms with van der Waals surface area (Å²) >= 11 is 0. The van der Waals surface area contributed by atoms with Crippen LogP contribution in [-0.4, -0.2) is 36.2 Å². The maximum Gasteiger partial charge on any atom is 0.324 e. The van der Waals surface area contributed by atoms with E-state index in [1.807, 2.05) is 0 Å². The minimum absolute atomic E-state index is 0.174. The quantitative estimate of drug-likeness (QED) is 0.206. The van der Waals surface area contributed by atoms with Gasteiger partial charge in [0.05, 0.1) is 0 Å². The molecule has 0 saturated carbocycles. The largest absolute Gasteiger partial charge is 0.480 e. The van der Waals surface area contributed by atoms with Crippen molar-refractivity contribution in [2.24, 2.45) is 11.6 Å². The predicted molar refractivity (Wildman–Crippen MR) is 38.8 cm³/mol. The Morgan fingerprint density at radius 1 is 1.58 bits per heavy atom. The van der Waals surface area contributed by atoms with Crippen LogP contribution in [0.1, 0.15) is 0 Å². The van der Waals surface area contributed by atoms with Crippen molar-refractivity contribution in [2.75, 3.05) is 13.2 Å². The summed E-state index contributed by atoms with van der Waals surface area (Å²) < 4.78 is 4.42. The van der Waals surface area contributed by atoms with E-state index in [0.29, 0.717) is 0 Å². The summed E-state index contributed by atoms with van der Waals surface area (Å²) in [7, 11) is 0. The summed E-state index contributed by atoms with van der Waals surface area (Å²) in [5.74, 6) is 2.93. The fourth-order valence-electron chi connectivity index (χ4n) is 0.388. The molecule has 7 nitrogen and oxygen atoms in total. The zero-order valence-electron chi connectivity index (χ0n) is 6.32. The minimum atomic E-state index is -1.22. The van der Waals surface area contributed by atoms with Gasteiger partial charge in [-0.3, -0.25) is 15.4 Å². The van der Waals surface area contributed by atoms with Crippen LogP contribution in [0.25, 0.3) is 0 Å². The first kappa shape index (κ1) is 10.8. The first-order chi connectivity index (χ1) is 5.57. The first-order valence-electron chi connectivity index (χ1n) is 3.15. The Balaban J connectivity index is 3.54. The fourth-order valence-corrected chi connectivity index (χ4v) is 0.388. The number of nitrogens with one attached hydrogen (secondary N) is 1. The molecule has 0 heterocycles. The Hall–Kier alpha value is -1.18. The Labute approximate surface area is 68.6 Å². The molecule has 0 amide bonds. The van der Waals surface area contributed by atoms with Gasteiger partial charge in [0.1, 0.15) is 19.2 Å². The number of rotatable bonds is 5. The lowest BCUT2D eigenvalue weighted by Crippen LogP contribution is -2.38. The van der Waals surface area contributed by atoms with Gasteiger partial charge in [0.15, 0.2) is 0 Å². The summed E-state index contributed by atoms with van der Waals surface area (Å²) in [6.07, 6.45) is 0. The highest BCUT2D eigenvalue weighted by atomic mass is 16.5. The summed E-state index contributed by atoms with van der Waals surface area (Å²) in [6, 6.07) is -1.19. The number of carboxylic acids is 1. The summed E-state index contributed by atoms with van der Waals surface area (Å²) in [4.78, 5) is 20.7. The highest BCUT2D eigenvalue weighted by Gasteiger charge is 2.13. The number of ether oxygens (including phenoxy) is 1. The molecule has 0 saturated heterocycles. The molecule has 0 bridgehead atoms. The van der Waals surface area contributed by atoms with E-state index < -0.39 is 18.0 Å². The molecule has 0 aliphatic carbocycles. The topological polar surface area (TPSA) is 128 Å². The predicted octanol–water partition coefficient (Wildman–Crippen LogP) is -2.60. The maximum atomic E-state index is 10.6. The van der Waals surface area contributed by atoms with Crippen LogP contribution < -0.4 is 17.0 Å². The van der Waals surface area contributed by atoms with Crippen LogP contribution in [0.5, 0.6) is 0 Å². The number of carbonyl (C=O) groups excluding carboxylic acids is 1. The Morgan fingerprint density at radius 3 is 2.58 bits per heavy atom. The molecule has 0 aliphatic heterocycles. The third-order valence-corrected chi connectivity index (χ3v) is 0.987. The van der Waals surface area contributed by atoms with Crippen LogP contribution in [-0.2, 0) is 14.3 Å². The lowest BCUT2D eigenvalue weighted by atomic mass is 10.3. The molecule has 0 aromatic heterocycles. The maximum absolute atomic E-state index is 10.6. The number of nitrogens with two attached hydrogens (primary N) is 2. The van der Waals surface area contributed by atoms with Crippen molar-refractivity contribution < 1.29 is 19.4 Å². The third-order valence-electron chi connectivity index (χ3n) is 0.987. The lowest BCUT2D eigenvalue weighted by molar-refractivity contribution is -0.147. The van der Waals surface area contributed by atoms with Gasteiger partial charge in [0.25, 0.3) is 0 Å². The Bertz CT molecular complexity index is 172. The smallest absolute Gasteiger partial charge is 0.324 e. The van der Waals surface area contributed by atoms with E-state index in [1.165, 1.54) is 0 Å². The van der Waals surface area contributed by atoms with Gasteiger partial charge in [-0.05, 0) is 0 Å². The molecule has 0 radical (unpaired) electrons.